The first kappa shape index (κ1) is 16.2. The number of hydrogen-bond donors (Lipinski definition) is 1. The third-order valence-electron chi connectivity index (χ3n) is 3.09. The minimum absolute atomic E-state index is 0.00863. The Morgan fingerprint density at radius 3 is 2.92 bits per heavy atom. The van der Waals surface area contributed by atoms with Gasteiger partial charge in [-0.25, -0.2) is 0 Å². The molecular weight excluding hydrogens is 354 g/mol. The highest BCUT2D eigenvalue weighted by Gasteiger charge is 2.15. The number of amides is 1. The molecule has 122 valence electrons. The molecule has 0 atom stereocenters. The molecule has 0 unspecified atom stereocenters. The highest BCUT2D eigenvalue weighted by Crippen LogP contribution is 2.28. The van der Waals surface area contributed by atoms with Gasteiger partial charge in [0.1, 0.15) is 5.02 Å². The highest BCUT2D eigenvalue weighted by atomic mass is 35.5. The van der Waals surface area contributed by atoms with Crippen molar-refractivity contribution in [3.63, 3.8) is 0 Å². The van der Waals surface area contributed by atoms with E-state index >= 15 is 0 Å². The van der Waals surface area contributed by atoms with Gasteiger partial charge < -0.3 is 9.84 Å². The number of hydrogen-bond acceptors (Lipinski definition) is 6. The van der Waals surface area contributed by atoms with Gasteiger partial charge in [-0.05, 0) is 23.6 Å². The molecule has 0 saturated heterocycles. The average Bonchev–Trinajstić information content (AvgIpc) is 3.19. The quantitative estimate of drug-likeness (QED) is 0.542. The monoisotopic (exact) mass is 363 g/mol. The summed E-state index contributed by atoms with van der Waals surface area (Å²) in [4.78, 5) is 23.2. The molecule has 0 saturated carbocycles. The molecule has 0 aliphatic carbocycles. The summed E-state index contributed by atoms with van der Waals surface area (Å²) in [7, 11) is 0. The molecule has 3 aromatic rings. The molecule has 3 rings (SSSR count). The molecule has 0 spiro atoms. The zero-order valence-corrected chi connectivity index (χ0v) is 13.6. The van der Waals surface area contributed by atoms with Crippen LogP contribution in [0.4, 0.5) is 11.4 Å². The lowest BCUT2D eigenvalue weighted by molar-refractivity contribution is -0.384. The molecule has 0 bridgehead atoms. The van der Waals surface area contributed by atoms with Crippen molar-refractivity contribution >= 4 is 40.2 Å². The molecule has 1 aromatic carbocycles. The lowest BCUT2D eigenvalue weighted by Crippen LogP contribution is -2.14. The van der Waals surface area contributed by atoms with Crippen molar-refractivity contribution < 1.29 is 14.2 Å². The zero-order chi connectivity index (χ0) is 17.1. The SMILES string of the molecule is O=C(Cc1cc(-c2cccs2)on1)Nc1ccc(Cl)c([N+](=O)[O-])c1. The van der Waals surface area contributed by atoms with Gasteiger partial charge in [0.05, 0.1) is 21.9 Å². The average molecular weight is 364 g/mol. The number of benzene rings is 1. The van der Waals surface area contributed by atoms with Crippen LogP contribution in [0.5, 0.6) is 0 Å². The predicted molar refractivity (Wildman–Crippen MR) is 90.3 cm³/mol. The summed E-state index contributed by atoms with van der Waals surface area (Å²) in [5.74, 6) is 0.229. The first-order valence-corrected chi connectivity index (χ1v) is 8.02. The number of carbonyl (C=O) groups excluding carboxylic acids is 1. The normalized spacial score (nSPS) is 10.5. The number of nitrogens with one attached hydrogen (secondary N) is 1. The van der Waals surface area contributed by atoms with E-state index in [-0.39, 0.29) is 28.7 Å². The van der Waals surface area contributed by atoms with E-state index in [0.29, 0.717) is 11.5 Å². The van der Waals surface area contributed by atoms with E-state index in [4.69, 9.17) is 16.1 Å². The fourth-order valence-corrected chi connectivity index (χ4v) is 2.89. The van der Waals surface area contributed by atoms with Crippen LogP contribution in [-0.4, -0.2) is 16.0 Å². The molecule has 7 nitrogen and oxygen atoms in total. The number of aromatic nitrogens is 1. The second-order valence-corrected chi connectivity index (χ2v) is 6.16. The van der Waals surface area contributed by atoms with Gasteiger partial charge in [0.15, 0.2) is 5.76 Å². The van der Waals surface area contributed by atoms with E-state index in [2.05, 4.69) is 10.5 Å². The largest absolute Gasteiger partial charge is 0.355 e. The van der Waals surface area contributed by atoms with Crippen molar-refractivity contribution in [2.75, 3.05) is 5.32 Å². The third kappa shape index (κ3) is 3.61. The van der Waals surface area contributed by atoms with E-state index in [1.807, 2.05) is 17.5 Å². The summed E-state index contributed by atoms with van der Waals surface area (Å²) in [5, 5.41) is 19.2. The summed E-state index contributed by atoms with van der Waals surface area (Å²) >= 11 is 7.24. The van der Waals surface area contributed by atoms with E-state index < -0.39 is 4.92 Å². The number of nitrogens with zero attached hydrogens (tertiary/aromatic N) is 2. The van der Waals surface area contributed by atoms with Crippen LogP contribution in [0.15, 0.2) is 46.3 Å². The number of nitro benzene ring substituents is 1. The molecule has 0 fully saturated rings. The summed E-state index contributed by atoms with van der Waals surface area (Å²) in [5.41, 5.74) is 0.494. The summed E-state index contributed by atoms with van der Waals surface area (Å²) < 4.78 is 5.20. The Morgan fingerprint density at radius 2 is 2.21 bits per heavy atom. The topological polar surface area (TPSA) is 98.3 Å². The van der Waals surface area contributed by atoms with Gasteiger partial charge in [0.2, 0.25) is 5.91 Å². The van der Waals surface area contributed by atoms with Gasteiger partial charge in [0, 0.05) is 17.8 Å². The number of nitro groups is 1. The van der Waals surface area contributed by atoms with Gasteiger partial charge in [-0.15, -0.1) is 11.3 Å². The number of rotatable bonds is 5. The van der Waals surface area contributed by atoms with Crippen molar-refractivity contribution in [1.29, 1.82) is 0 Å². The molecule has 1 amide bonds. The van der Waals surface area contributed by atoms with Crippen molar-refractivity contribution in [2.24, 2.45) is 0 Å². The Kier molecular flexibility index (Phi) is 4.59. The smallest absolute Gasteiger partial charge is 0.289 e. The molecule has 0 radical (unpaired) electrons. The molecule has 1 N–H and O–H groups in total. The van der Waals surface area contributed by atoms with Crippen LogP contribution in [0, 0.1) is 10.1 Å². The Balaban J connectivity index is 1.68. The highest BCUT2D eigenvalue weighted by molar-refractivity contribution is 7.13. The van der Waals surface area contributed by atoms with Gasteiger partial charge in [0.25, 0.3) is 5.69 Å². The maximum atomic E-state index is 12.1. The Hall–Kier alpha value is -2.71. The zero-order valence-electron chi connectivity index (χ0n) is 12.1. The van der Waals surface area contributed by atoms with Crippen molar-refractivity contribution in [3.8, 4) is 10.6 Å². The summed E-state index contributed by atoms with van der Waals surface area (Å²) in [6.07, 6.45) is -0.00863. The first-order chi connectivity index (χ1) is 11.5. The van der Waals surface area contributed by atoms with Crippen LogP contribution in [-0.2, 0) is 11.2 Å². The van der Waals surface area contributed by atoms with Crippen LogP contribution in [0.25, 0.3) is 10.6 Å². The van der Waals surface area contributed by atoms with Crippen LogP contribution in [0.2, 0.25) is 5.02 Å². The Bertz CT molecular complexity index is 892. The minimum atomic E-state index is -0.608. The van der Waals surface area contributed by atoms with Crippen LogP contribution >= 0.6 is 22.9 Å². The van der Waals surface area contributed by atoms with Crippen LogP contribution in [0.1, 0.15) is 5.69 Å². The number of thiophene rings is 1. The molecule has 0 aliphatic rings. The molecular formula is C15H10ClN3O4S. The molecule has 2 heterocycles. The number of anilines is 1. The van der Waals surface area contributed by atoms with E-state index in [9.17, 15) is 14.9 Å². The fourth-order valence-electron chi connectivity index (χ4n) is 2.03. The summed E-state index contributed by atoms with van der Waals surface area (Å²) in [6.45, 7) is 0. The predicted octanol–water partition coefficient (Wildman–Crippen LogP) is 4.15. The second-order valence-electron chi connectivity index (χ2n) is 4.81. The minimum Gasteiger partial charge on any atom is -0.355 e. The van der Waals surface area contributed by atoms with Crippen molar-refractivity contribution in [3.05, 3.63) is 62.6 Å². The number of carbonyl (C=O) groups is 1. The molecule has 2 aromatic heterocycles. The van der Waals surface area contributed by atoms with Gasteiger partial charge >= 0.3 is 0 Å². The van der Waals surface area contributed by atoms with E-state index in [1.54, 1.807) is 6.07 Å². The lowest BCUT2D eigenvalue weighted by atomic mass is 10.2. The van der Waals surface area contributed by atoms with Gasteiger partial charge in [-0.3, -0.25) is 14.9 Å². The van der Waals surface area contributed by atoms with Gasteiger partial charge in [-0.2, -0.15) is 0 Å². The second kappa shape index (κ2) is 6.81. The maximum absolute atomic E-state index is 12.1. The van der Waals surface area contributed by atoms with E-state index in [0.717, 1.165) is 4.88 Å². The Morgan fingerprint density at radius 1 is 1.38 bits per heavy atom. The number of halogens is 1. The maximum Gasteiger partial charge on any atom is 0.289 e. The third-order valence-corrected chi connectivity index (χ3v) is 4.30. The van der Waals surface area contributed by atoms with Crippen LogP contribution in [0.3, 0.4) is 0 Å². The first-order valence-electron chi connectivity index (χ1n) is 6.76. The molecule has 9 heteroatoms. The summed E-state index contributed by atoms with van der Waals surface area (Å²) in [6, 6.07) is 9.54. The van der Waals surface area contributed by atoms with Gasteiger partial charge in [-0.1, -0.05) is 22.8 Å². The van der Waals surface area contributed by atoms with E-state index in [1.165, 1.54) is 29.5 Å². The lowest BCUT2D eigenvalue weighted by Gasteiger charge is -2.04. The van der Waals surface area contributed by atoms with Crippen molar-refractivity contribution in [1.82, 2.24) is 5.16 Å². The molecule has 24 heavy (non-hydrogen) atoms. The standard InChI is InChI=1S/C15H10ClN3O4S/c16-11-4-3-9(6-12(11)19(21)22)17-15(20)8-10-7-13(23-18-10)14-2-1-5-24-14/h1-7H,8H2,(H,17,20). The van der Waals surface area contributed by atoms with Crippen molar-refractivity contribution in [2.45, 2.75) is 6.42 Å². The fraction of sp³-hybridized carbons (Fsp3) is 0.0667. The molecule has 0 aliphatic heterocycles. The Labute approximate surface area is 145 Å². The van der Waals surface area contributed by atoms with Crippen LogP contribution < -0.4 is 5.32 Å².